The van der Waals surface area contributed by atoms with Gasteiger partial charge in [0, 0.05) is 17.0 Å². The molecule has 0 aliphatic carbocycles. The second-order valence-corrected chi connectivity index (χ2v) is 4.94. The first kappa shape index (κ1) is 10.5. The lowest BCUT2D eigenvalue weighted by atomic mass is 9.95. The minimum atomic E-state index is 1.11. The van der Waals surface area contributed by atoms with Crippen molar-refractivity contribution in [2.24, 2.45) is 0 Å². The van der Waals surface area contributed by atoms with E-state index in [2.05, 4.69) is 60.4 Å². The normalized spacial score (nSPS) is 11.4. The maximum Gasteiger partial charge on any atom is 0.0789 e. The highest BCUT2D eigenvalue weighted by atomic mass is 14.6. The molecule has 0 radical (unpaired) electrons. The summed E-state index contributed by atoms with van der Waals surface area (Å²) < 4.78 is 0. The Hall–Kier alpha value is -2.41. The topological polar surface area (TPSA) is 12.9 Å². The van der Waals surface area contributed by atoms with Crippen molar-refractivity contribution in [3.05, 3.63) is 66.4 Å². The van der Waals surface area contributed by atoms with Gasteiger partial charge in [-0.05, 0) is 34.7 Å². The molecule has 1 heterocycles. The Morgan fingerprint density at radius 2 is 1.37 bits per heavy atom. The van der Waals surface area contributed by atoms with Crippen molar-refractivity contribution in [3.8, 4) is 0 Å². The summed E-state index contributed by atoms with van der Waals surface area (Å²) in [5.41, 5.74) is 2.39. The molecule has 0 aliphatic heterocycles. The number of rotatable bonds is 0. The molecule has 4 rings (SSSR count). The molecule has 0 atom stereocenters. The van der Waals surface area contributed by atoms with Crippen LogP contribution in [0.5, 0.6) is 0 Å². The zero-order valence-electron chi connectivity index (χ0n) is 10.7. The molecule has 0 fully saturated rings. The largest absolute Gasteiger partial charge is 0.256 e. The molecular weight excluding hydrogens is 230 g/mol. The Kier molecular flexibility index (Phi) is 2.10. The van der Waals surface area contributed by atoms with E-state index in [1.165, 1.54) is 32.5 Å². The Bertz CT molecular complexity index is 877. The Morgan fingerprint density at radius 3 is 2.21 bits per heavy atom. The summed E-state index contributed by atoms with van der Waals surface area (Å²) in [7, 11) is 0. The van der Waals surface area contributed by atoms with E-state index in [0.29, 0.717) is 0 Å². The third-order valence-electron chi connectivity index (χ3n) is 3.82. The van der Waals surface area contributed by atoms with Crippen LogP contribution >= 0.6 is 0 Å². The van der Waals surface area contributed by atoms with Gasteiger partial charge < -0.3 is 0 Å². The molecule has 0 amide bonds. The Balaban J connectivity index is 2.48. The molecule has 19 heavy (non-hydrogen) atoms. The van der Waals surface area contributed by atoms with Crippen LogP contribution in [0.3, 0.4) is 0 Å². The first-order chi connectivity index (χ1) is 9.36. The van der Waals surface area contributed by atoms with E-state index in [9.17, 15) is 0 Å². The first-order valence-corrected chi connectivity index (χ1v) is 6.51. The van der Waals surface area contributed by atoms with E-state index < -0.39 is 0 Å². The average molecular weight is 243 g/mol. The van der Waals surface area contributed by atoms with Gasteiger partial charge in [0.25, 0.3) is 0 Å². The maximum absolute atomic E-state index is 4.62. The van der Waals surface area contributed by atoms with E-state index in [4.69, 9.17) is 0 Å². The lowest BCUT2D eigenvalue weighted by Gasteiger charge is -2.10. The lowest BCUT2D eigenvalue weighted by Crippen LogP contribution is -1.87. The molecule has 3 aromatic carbocycles. The van der Waals surface area contributed by atoms with Gasteiger partial charge in [-0.25, -0.2) is 0 Å². The van der Waals surface area contributed by atoms with Crippen molar-refractivity contribution in [3.63, 3.8) is 0 Å². The van der Waals surface area contributed by atoms with Gasteiger partial charge in [-0.1, -0.05) is 48.5 Å². The number of pyridine rings is 1. The van der Waals surface area contributed by atoms with Gasteiger partial charge in [0.15, 0.2) is 0 Å². The zero-order chi connectivity index (χ0) is 12.8. The van der Waals surface area contributed by atoms with E-state index in [1.54, 1.807) is 0 Å². The number of hydrogen-bond donors (Lipinski definition) is 0. The van der Waals surface area contributed by atoms with Crippen LogP contribution in [-0.2, 0) is 0 Å². The van der Waals surface area contributed by atoms with Gasteiger partial charge in [-0.3, -0.25) is 4.98 Å². The SMILES string of the molecule is Cc1cccc2c3ccccc3c3cccnc3c12. The summed E-state index contributed by atoms with van der Waals surface area (Å²) >= 11 is 0. The molecule has 0 saturated carbocycles. The van der Waals surface area contributed by atoms with Crippen LogP contribution in [0, 0.1) is 6.92 Å². The third-order valence-corrected chi connectivity index (χ3v) is 3.82. The predicted molar refractivity (Wildman–Crippen MR) is 81.5 cm³/mol. The highest BCUT2D eigenvalue weighted by Crippen LogP contribution is 2.34. The van der Waals surface area contributed by atoms with Crippen molar-refractivity contribution in [1.82, 2.24) is 4.98 Å². The van der Waals surface area contributed by atoms with Crippen molar-refractivity contribution in [2.75, 3.05) is 0 Å². The standard InChI is InChI=1S/C18H13N/c1-12-6-4-9-15-13-7-2-3-8-14(13)16-10-5-11-19-18(16)17(12)15/h2-11H,1H3. The van der Waals surface area contributed by atoms with Crippen LogP contribution in [0.1, 0.15) is 5.56 Å². The second-order valence-electron chi connectivity index (χ2n) is 4.94. The fourth-order valence-corrected chi connectivity index (χ4v) is 2.98. The number of fused-ring (bicyclic) bond motifs is 6. The van der Waals surface area contributed by atoms with Crippen LogP contribution in [0.4, 0.5) is 0 Å². The van der Waals surface area contributed by atoms with Gasteiger partial charge in [-0.2, -0.15) is 0 Å². The fourth-order valence-electron chi connectivity index (χ4n) is 2.98. The number of aromatic nitrogens is 1. The van der Waals surface area contributed by atoms with Gasteiger partial charge in [0.05, 0.1) is 5.52 Å². The van der Waals surface area contributed by atoms with E-state index in [-0.39, 0.29) is 0 Å². The highest BCUT2D eigenvalue weighted by Gasteiger charge is 2.09. The molecule has 1 heteroatoms. The molecule has 0 unspecified atom stereocenters. The zero-order valence-corrected chi connectivity index (χ0v) is 10.7. The number of aryl methyl sites for hydroxylation is 1. The molecule has 0 N–H and O–H groups in total. The van der Waals surface area contributed by atoms with Crippen LogP contribution in [-0.4, -0.2) is 4.98 Å². The third kappa shape index (κ3) is 1.39. The molecule has 0 saturated heterocycles. The van der Waals surface area contributed by atoms with Crippen LogP contribution < -0.4 is 0 Å². The molecule has 4 aromatic rings. The van der Waals surface area contributed by atoms with E-state index >= 15 is 0 Å². The molecule has 0 aliphatic rings. The van der Waals surface area contributed by atoms with Crippen molar-refractivity contribution in [2.45, 2.75) is 6.92 Å². The summed E-state index contributed by atoms with van der Waals surface area (Å²) in [5.74, 6) is 0. The van der Waals surface area contributed by atoms with Crippen LogP contribution in [0.25, 0.3) is 32.4 Å². The van der Waals surface area contributed by atoms with Crippen molar-refractivity contribution >= 4 is 32.4 Å². The van der Waals surface area contributed by atoms with E-state index in [1.807, 2.05) is 12.3 Å². The molecule has 0 spiro atoms. The highest BCUT2D eigenvalue weighted by molar-refractivity contribution is 6.24. The summed E-state index contributed by atoms with van der Waals surface area (Å²) in [6.07, 6.45) is 1.88. The maximum atomic E-state index is 4.62. The summed E-state index contributed by atoms with van der Waals surface area (Å²) in [6, 6.07) is 19.2. The molecule has 0 bridgehead atoms. The summed E-state index contributed by atoms with van der Waals surface area (Å²) in [5, 5.41) is 6.39. The van der Waals surface area contributed by atoms with Crippen molar-refractivity contribution in [1.29, 1.82) is 0 Å². The van der Waals surface area contributed by atoms with Crippen LogP contribution in [0.2, 0.25) is 0 Å². The fraction of sp³-hybridized carbons (Fsp3) is 0.0556. The number of benzene rings is 3. The monoisotopic (exact) mass is 243 g/mol. The molecule has 1 nitrogen and oxygen atoms in total. The summed E-state index contributed by atoms with van der Waals surface area (Å²) in [4.78, 5) is 4.62. The van der Waals surface area contributed by atoms with Gasteiger partial charge in [-0.15, -0.1) is 0 Å². The van der Waals surface area contributed by atoms with E-state index in [0.717, 1.165) is 5.52 Å². The van der Waals surface area contributed by atoms with Gasteiger partial charge >= 0.3 is 0 Å². The summed E-state index contributed by atoms with van der Waals surface area (Å²) in [6.45, 7) is 2.16. The molecule has 90 valence electrons. The lowest BCUT2D eigenvalue weighted by molar-refractivity contribution is 1.42. The van der Waals surface area contributed by atoms with Crippen LogP contribution in [0.15, 0.2) is 60.8 Å². The second kappa shape index (κ2) is 3.79. The quantitative estimate of drug-likeness (QED) is 0.402. The Labute approximate surface area is 111 Å². The Morgan fingerprint density at radius 1 is 0.684 bits per heavy atom. The minimum Gasteiger partial charge on any atom is -0.256 e. The minimum absolute atomic E-state index is 1.11. The molecule has 1 aromatic heterocycles. The van der Waals surface area contributed by atoms with Gasteiger partial charge in [0.2, 0.25) is 0 Å². The predicted octanol–water partition coefficient (Wildman–Crippen LogP) is 4.85. The first-order valence-electron chi connectivity index (χ1n) is 6.51. The van der Waals surface area contributed by atoms with Gasteiger partial charge in [0.1, 0.15) is 0 Å². The number of nitrogens with zero attached hydrogens (tertiary/aromatic N) is 1. The smallest absolute Gasteiger partial charge is 0.0789 e. The van der Waals surface area contributed by atoms with Crippen molar-refractivity contribution < 1.29 is 0 Å². The average Bonchev–Trinajstić information content (AvgIpc) is 2.47. The molecular formula is C18H13N. The number of hydrogen-bond acceptors (Lipinski definition) is 1.